The molecule has 2 heterocycles. The lowest BCUT2D eigenvalue weighted by molar-refractivity contribution is 0.355. The number of nitrogens with zero attached hydrogens (tertiary/aromatic N) is 3. The number of anilines is 1. The van der Waals surface area contributed by atoms with E-state index in [-0.39, 0.29) is 5.28 Å². The van der Waals surface area contributed by atoms with E-state index in [1.807, 2.05) is 18.2 Å². The van der Waals surface area contributed by atoms with Gasteiger partial charge in [-0.3, -0.25) is 0 Å². The number of rotatable bonds is 6. The van der Waals surface area contributed by atoms with Crippen LogP contribution < -0.4 is 14.4 Å². The fourth-order valence-electron chi connectivity index (χ4n) is 2.87. The molecule has 0 bridgehead atoms. The summed E-state index contributed by atoms with van der Waals surface area (Å²) in [6, 6.07) is 5.90. The Bertz CT molecular complexity index is 893. The summed E-state index contributed by atoms with van der Waals surface area (Å²) < 4.78 is 10.8. The second kappa shape index (κ2) is 7.45. The minimum atomic E-state index is 0.273. The van der Waals surface area contributed by atoms with Crippen molar-refractivity contribution in [3.8, 4) is 22.6 Å². The minimum Gasteiger partial charge on any atom is -0.493 e. The van der Waals surface area contributed by atoms with Crippen LogP contribution in [-0.4, -0.2) is 37.3 Å². The van der Waals surface area contributed by atoms with Gasteiger partial charge in [-0.15, -0.1) is 11.3 Å². The highest BCUT2D eigenvalue weighted by molar-refractivity contribution is 7.17. The second-order valence-corrected chi connectivity index (χ2v) is 6.58. The zero-order valence-electron chi connectivity index (χ0n) is 14.7. The Kier molecular flexibility index (Phi) is 5.30. The van der Waals surface area contributed by atoms with Gasteiger partial charge in [0, 0.05) is 24.0 Å². The Morgan fingerprint density at radius 1 is 1.08 bits per heavy atom. The number of fused-ring (bicyclic) bond motifs is 1. The summed E-state index contributed by atoms with van der Waals surface area (Å²) in [5.74, 6) is 2.26. The Balaban J connectivity index is 2.24. The fraction of sp³-hybridized carbons (Fsp3) is 0.333. The predicted octanol–water partition coefficient (Wildman–Crippen LogP) is 4.88. The molecule has 0 saturated heterocycles. The van der Waals surface area contributed by atoms with Gasteiger partial charge >= 0.3 is 0 Å². The lowest BCUT2D eigenvalue weighted by Gasteiger charge is -2.21. The number of halogens is 1. The highest BCUT2D eigenvalue weighted by Crippen LogP contribution is 2.41. The number of hydrogen-bond donors (Lipinski definition) is 0. The third-order valence-corrected chi connectivity index (χ3v) is 5.19. The van der Waals surface area contributed by atoms with E-state index in [9.17, 15) is 0 Å². The van der Waals surface area contributed by atoms with Crippen LogP contribution in [0.2, 0.25) is 5.28 Å². The van der Waals surface area contributed by atoms with Gasteiger partial charge in [-0.2, -0.15) is 4.98 Å². The van der Waals surface area contributed by atoms with Gasteiger partial charge in [-0.1, -0.05) is 6.07 Å². The van der Waals surface area contributed by atoms with E-state index in [4.69, 9.17) is 21.1 Å². The summed E-state index contributed by atoms with van der Waals surface area (Å²) in [6.07, 6.45) is 0. The molecule has 5 nitrogen and oxygen atoms in total. The van der Waals surface area contributed by atoms with Gasteiger partial charge in [-0.05, 0) is 43.1 Å². The van der Waals surface area contributed by atoms with Crippen LogP contribution in [0.4, 0.5) is 5.82 Å². The summed E-state index contributed by atoms with van der Waals surface area (Å²) in [7, 11) is 3.27. The molecule has 0 N–H and O–H groups in total. The third kappa shape index (κ3) is 3.24. The van der Waals surface area contributed by atoms with Gasteiger partial charge in [0.25, 0.3) is 0 Å². The van der Waals surface area contributed by atoms with E-state index in [0.717, 1.165) is 40.3 Å². The maximum atomic E-state index is 6.15. The molecule has 3 rings (SSSR count). The van der Waals surface area contributed by atoms with Crippen molar-refractivity contribution >= 4 is 39.0 Å². The number of aromatic nitrogens is 2. The molecule has 132 valence electrons. The number of ether oxygens (including phenoxy) is 2. The molecule has 3 aromatic rings. The van der Waals surface area contributed by atoms with Crippen molar-refractivity contribution in [2.45, 2.75) is 13.8 Å². The highest BCUT2D eigenvalue weighted by atomic mass is 35.5. The lowest BCUT2D eigenvalue weighted by atomic mass is 10.0. The van der Waals surface area contributed by atoms with Crippen molar-refractivity contribution in [3.05, 3.63) is 28.9 Å². The number of benzene rings is 1. The van der Waals surface area contributed by atoms with Gasteiger partial charge in [-0.25, -0.2) is 4.98 Å². The molecular weight excluding hydrogens is 358 g/mol. The molecule has 0 atom stereocenters. The van der Waals surface area contributed by atoms with Gasteiger partial charge in [0.05, 0.1) is 19.6 Å². The van der Waals surface area contributed by atoms with Crippen LogP contribution in [0.5, 0.6) is 11.5 Å². The van der Waals surface area contributed by atoms with Crippen LogP contribution in [0.3, 0.4) is 0 Å². The Morgan fingerprint density at radius 3 is 2.44 bits per heavy atom. The van der Waals surface area contributed by atoms with Crippen molar-refractivity contribution in [2.75, 3.05) is 32.2 Å². The number of methoxy groups -OCH3 is 2. The van der Waals surface area contributed by atoms with Gasteiger partial charge < -0.3 is 14.4 Å². The molecule has 1 aromatic carbocycles. The standard InChI is InChI=1S/C18H20ClN3O2S/c1-5-22(6-2)16-15-12(10-25-17(15)21-18(19)20-16)11-7-8-13(23-3)14(9-11)24-4/h7-10H,5-6H2,1-4H3. The first-order chi connectivity index (χ1) is 12.1. The highest BCUT2D eigenvalue weighted by Gasteiger charge is 2.19. The molecule has 2 aromatic heterocycles. The molecule has 7 heteroatoms. The maximum absolute atomic E-state index is 6.15. The van der Waals surface area contributed by atoms with Gasteiger partial charge in [0.15, 0.2) is 11.5 Å². The Labute approximate surface area is 156 Å². The Morgan fingerprint density at radius 2 is 1.80 bits per heavy atom. The zero-order valence-corrected chi connectivity index (χ0v) is 16.2. The average molecular weight is 378 g/mol. The van der Waals surface area contributed by atoms with Crippen LogP contribution in [-0.2, 0) is 0 Å². The molecule has 0 amide bonds. The first-order valence-electron chi connectivity index (χ1n) is 8.04. The van der Waals surface area contributed by atoms with E-state index < -0.39 is 0 Å². The molecule has 0 saturated carbocycles. The monoisotopic (exact) mass is 377 g/mol. The predicted molar refractivity (Wildman–Crippen MR) is 105 cm³/mol. The molecule has 0 radical (unpaired) electrons. The normalized spacial score (nSPS) is 10.9. The van der Waals surface area contributed by atoms with Crippen LogP contribution >= 0.6 is 22.9 Å². The third-order valence-electron chi connectivity index (χ3n) is 4.14. The molecule has 0 fully saturated rings. The maximum Gasteiger partial charge on any atom is 0.225 e. The van der Waals surface area contributed by atoms with E-state index in [2.05, 4.69) is 34.1 Å². The zero-order chi connectivity index (χ0) is 18.0. The number of thiophene rings is 1. The second-order valence-electron chi connectivity index (χ2n) is 5.39. The average Bonchev–Trinajstić information content (AvgIpc) is 3.05. The summed E-state index contributed by atoms with van der Waals surface area (Å²) in [5.41, 5.74) is 2.10. The van der Waals surface area contributed by atoms with Crippen molar-refractivity contribution < 1.29 is 9.47 Å². The van der Waals surface area contributed by atoms with Crippen molar-refractivity contribution in [3.63, 3.8) is 0 Å². The quantitative estimate of drug-likeness (QED) is 0.573. The van der Waals surface area contributed by atoms with Crippen LogP contribution in [0.1, 0.15) is 13.8 Å². The van der Waals surface area contributed by atoms with Crippen LogP contribution in [0, 0.1) is 0 Å². The summed E-state index contributed by atoms with van der Waals surface area (Å²) in [6.45, 7) is 5.90. The van der Waals surface area contributed by atoms with Crippen LogP contribution in [0.25, 0.3) is 21.3 Å². The summed E-state index contributed by atoms with van der Waals surface area (Å²) >= 11 is 7.71. The molecule has 0 spiro atoms. The van der Waals surface area contributed by atoms with E-state index in [1.165, 1.54) is 0 Å². The van der Waals surface area contributed by atoms with Gasteiger partial charge in [0.2, 0.25) is 5.28 Å². The SMILES string of the molecule is CCN(CC)c1nc(Cl)nc2scc(-c3ccc(OC)c(OC)c3)c12. The molecular formula is C18H20ClN3O2S. The fourth-order valence-corrected chi connectivity index (χ4v) is 4.02. The molecule has 0 aliphatic heterocycles. The first kappa shape index (κ1) is 17.8. The minimum absolute atomic E-state index is 0.273. The van der Waals surface area contributed by atoms with Crippen molar-refractivity contribution in [1.82, 2.24) is 9.97 Å². The molecule has 25 heavy (non-hydrogen) atoms. The summed E-state index contributed by atoms with van der Waals surface area (Å²) in [4.78, 5) is 12.0. The van der Waals surface area contributed by atoms with Crippen molar-refractivity contribution in [1.29, 1.82) is 0 Å². The van der Waals surface area contributed by atoms with Crippen LogP contribution in [0.15, 0.2) is 23.6 Å². The molecule has 0 unspecified atom stereocenters. The number of hydrogen-bond acceptors (Lipinski definition) is 6. The Hall–Kier alpha value is -2.05. The van der Waals surface area contributed by atoms with Gasteiger partial charge in [0.1, 0.15) is 10.6 Å². The first-order valence-corrected chi connectivity index (χ1v) is 9.30. The largest absolute Gasteiger partial charge is 0.493 e. The molecule has 0 aliphatic carbocycles. The van der Waals surface area contributed by atoms with E-state index in [1.54, 1.807) is 25.6 Å². The van der Waals surface area contributed by atoms with E-state index in [0.29, 0.717) is 11.5 Å². The van der Waals surface area contributed by atoms with E-state index >= 15 is 0 Å². The molecule has 0 aliphatic rings. The smallest absolute Gasteiger partial charge is 0.225 e. The topological polar surface area (TPSA) is 47.5 Å². The van der Waals surface area contributed by atoms with Crippen molar-refractivity contribution in [2.24, 2.45) is 0 Å². The lowest BCUT2D eigenvalue weighted by Crippen LogP contribution is -2.23. The summed E-state index contributed by atoms with van der Waals surface area (Å²) in [5, 5.41) is 3.38.